The molecule has 6 heteroatoms. The van der Waals surface area contributed by atoms with Crippen molar-refractivity contribution in [3.8, 4) is 0 Å². The second-order valence-corrected chi connectivity index (χ2v) is 7.32. The largest absolute Gasteiger partial charge is 0.396 e. The average molecular weight is 390 g/mol. The number of aliphatic hydroxyl groups excluding tert-OH is 1. The van der Waals surface area contributed by atoms with Crippen molar-refractivity contribution in [1.29, 1.82) is 0 Å². The summed E-state index contributed by atoms with van der Waals surface area (Å²) in [5.74, 6) is 0.833. The molecule has 0 aliphatic carbocycles. The average Bonchev–Trinajstić information content (AvgIpc) is 2.64. The van der Waals surface area contributed by atoms with Crippen LogP contribution >= 0.6 is 0 Å². The van der Waals surface area contributed by atoms with Gasteiger partial charge in [-0.25, -0.2) is 0 Å². The standard InChI is InChI=1S/C21H43NO5/c1-20(2)10-9-14-25-16-18-27-19-17-26-15-12-22-21(24)11-7-5-3-4-6-8-13-23/h20,23H,3-19H2,1-2H3,(H,22,24). The molecule has 0 aromatic heterocycles. The van der Waals surface area contributed by atoms with Crippen LogP contribution in [0.1, 0.15) is 71.6 Å². The molecule has 0 aromatic carbocycles. The predicted octanol–water partition coefficient (Wildman–Crippen LogP) is 3.31. The Morgan fingerprint density at radius 1 is 0.778 bits per heavy atom. The normalized spacial score (nSPS) is 11.3. The van der Waals surface area contributed by atoms with Crippen molar-refractivity contribution >= 4 is 5.91 Å². The van der Waals surface area contributed by atoms with Gasteiger partial charge in [-0.1, -0.05) is 39.5 Å². The Morgan fingerprint density at radius 3 is 1.96 bits per heavy atom. The summed E-state index contributed by atoms with van der Waals surface area (Å²) in [6.45, 7) is 8.92. The Labute approximate surface area is 166 Å². The molecule has 27 heavy (non-hydrogen) atoms. The predicted molar refractivity (Wildman–Crippen MR) is 109 cm³/mol. The summed E-state index contributed by atoms with van der Waals surface area (Å²) in [6.07, 6.45) is 9.15. The van der Waals surface area contributed by atoms with Crippen LogP contribution < -0.4 is 5.32 Å². The van der Waals surface area contributed by atoms with Crippen molar-refractivity contribution in [2.75, 3.05) is 52.8 Å². The lowest BCUT2D eigenvalue weighted by molar-refractivity contribution is -0.121. The minimum absolute atomic E-state index is 0.0971. The van der Waals surface area contributed by atoms with Gasteiger partial charge < -0.3 is 24.6 Å². The molecule has 0 fully saturated rings. The lowest BCUT2D eigenvalue weighted by atomic mass is 10.1. The van der Waals surface area contributed by atoms with E-state index in [0.29, 0.717) is 46.0 Å². The molecule has 0 rings (SSSR count). The highest BCUT2D eigenvalue weighted by Crippen LogP contribution is 2.06. The minimum Gasteiger partial charge on any atom is -0.396 e. The molecule has 6 nitrogen and oxygen atoms in total. The fourth-order valence-electron chi connectivity index (χ4n) is 2.59. The zero-order valence-corrected chi connectivity index (χ0v) is 17.7. The van der Waals surface area contributed by atoms with Gasteiger partial charge >= 0.3 is 0 Å². The van der Waals surface area contributed by atoms with Crippen molar-refractivity contribution in [2.24, 2.45) is 5.92 Å². The Balaban J connectivity index is 3.14. The molecule has 162 valence electrons. The highest BCUT2D eigenvalue weighted by atomic mass is 16.5. The van der Waals surface area contributed by atoms with E-state index in [1.165, 1.54) is 6.42 Å². The van der Waals surface area contributed by atoms with Crippen LogP contribution in [0.2, 0.25) is 0 Å². The first-order valence-electron chi connectivity index (χ1n) is 10.8. The number of hydrogen-bond acceptors (Lipinski definition) is 5. The highest BCUT2D eigenvalue weighted by molar-refractivity contribution is 5.75. The monoisotopic (exact) mass is 389 g/mol. The zero-order chi connectivity index (χ0) is 20.0. The maximum Gasteiger partial charge on any atom is 0.220 e. The Bertz CT molecular complexity index is 313. The maximum absolute atomic E-state index is 11.7. The molecule has 0 atom stereocenters. The highest BCUT2D eigenvalue weighted by Gasteiger charge is 2.00. The van der Waals surface area contributed by atoms with Gasteiger partial charge in [-0.3, -0.25) is 4.79 Å². The SMILES string of the molecule is CC(C)CCCOCCOCCOCCNC(=O)CCCCCCCCO. The number of carbonyl (C=O) groups excluding carboxylic acids is 1. The third-order valence-electron chi connectivity index (χ3n) is 4.19. The molecule has 0 spiro atoms. The van der Waals surface area contributed by atoms with Crippen LogP contribution in [0, 0.1) is 5.92 Å². The molecule has 0 bridgehead atoms. The van der Waals surface area contributed by atoms with Gasteiger partial charge in [-0.2, -0.15) is 0 Å². The molecular weight excluding hydrogens is 346 g/mol. The molecule has 0 aliphatic rings. The fraction of sp³-hybridized carbons (Fsp3) is 0.952. The second kappa shape index (κ2) is 21.6. The fourth-order valence-corrected chi connectivity index (χ4v) is 2.59. The summed E-state index contributed by atoms with van der Waals surface area (Å²) in [5.41, 5.74) is 0. The molecule has 0 unspecified atom stereocenters. The van der Waals surface area contributed by atoms with Gasteiger partial charge in [-0.15, -0.1) is 0 Å². The van der Waals surface area contributed by atoms with Gasteiger partial charge in [0.2, 0.25) is 5.91 Å². The first kappa shape index (κ1) is 26.3. The first-order chi connectivity index (χ1) is 13.2. The minimum atomic E-state index is 0.0971. The third kappa shape index (κ3) is 23.3. The molecule has 0 heterocycles. The third-order valence-corrected chi connectivity index (χ3v) is 4.19. The van der Waals surface area contributed by atoms with Crippen LogP contribution in [0.3, 0.4) is 0 Å². The van der Waals surface area contributed by atoms with Crippen molar-refractivity contribution in [3.05, 3.63) is 0 Å². The van der Waals surface area contributed by atoms with E-state index in [4.69, 9.17) is 19.3 Å². The van der Waals surface area contributed by atoms with Crippen molar-refractivity contribution in [1.82, 2.24) is 5.32 Å². The van der Waals surface area contributed by atoms with Gasteiger partial charge in [-0.05, 0) is 31.6 Å². The molecule has 1 amide bonds. The smallest absolute Gasteiger partial charge is 0.220 e. The topological polar surface area (TPSA) is 77.0 Å². The number of hydrogen-bond donors (Lipinski definition) is 2. The van der Waals surface area contributed by atoms with E-state index in [9.17, 15) is 4.79 Å². The molecule has 0 saturated heterocycles. The summed E-state index contributed by atoms with van der Waals surface area (Å²) in [4.78, 5) is 11.7. The van der Waals surface area contributed by atoms with E-state index >= 15 is 0 Å². The van der Waals surface area contributed by atoms with Gasteiger partial charge in [0.05, 0.1) is 33.0 Å². The summed E-state index contributed by atoms with van der Waals surface area (Å²) < 4.78 is 16.4. The maximum atomic E-state index is 11.7. The number of rotatable bonds is 21. The summed E-state index contributed by atoms with van der Waals surface area (Å²) in [7, 11) is 0. The van der Waals surface area contributed by atoms with Crippen LogP contribution in [0.5, 0.6) is 0 Å². The number of amides is 1. The van der Waals surface area contributed by atoms with Gasteiger partial charge in [0.15, 0.2) is 0 Å². The number of nitrogens with one attached hydrogen (secondary N) is 1. The van der Waals surface area contributed by atoms with E-state index in [1.54, 1.807) is 0 Å². The van der Waals surface area contributed by atoms with Crippen LogP contribution in [0.25, 0.3) is 0 Å². The van der Waals surface area contributed by atoms with E-state index in [2.05, 4.69) is 19.2 Å². The van der Waals surface area contributed by atoms with Gasteiger partial charge in [0, 0.05) is 26.2 Å². The van der Waals surface area contributed by atoms with Crippen LogP contribution in [-0.2, 0) is 19.0 Å². The first-order valence-corrected chi connectivity index (χ1v) is 10.8. The number of ether oxygens (including phenoxy) is 3. The number of unbranched alkanes of at least 4 members (excludes halogenated alkanes) is 5. The van der Waals surface area contributed by atoms with Crippen LogP contribution in [0.4, 0.5) is 0 Å². The zero-order valence-electron chi connectivity index (χ0n) is 17.7. The van der Waals surface area contributed by atoms with Gasteiger partial charge in [0.1, 0.15) is 0 Å². The van der Waals surface area contributed by atoms with E-state index in [-0.39, 0.29) is 12.5 Å². The van der Waals surface area contributed by atoms with Gasteiger partial charge in [0.25, 0.3) is 0 Å². The van der Waals surface area contributed by atoms with Crippen LogP contribution in [-0.4, -0.2) is 63.8 Å². The van der Waals surface area contributed by atoms with E-state index < -0.39 is 0 Å². The van der Waals surface area contributed by atoms with E-state index in [0.717, 1.165) is 57.5 Å². The van der Waals surface area contributed by atoms with Crippen molar-refractivity contribution in [3.63, 3.8) is 0 Å². The number of aliphatic hydroxyl groups is 1. The summed E-state index contributed by atoms with van der Waals surface area (Å²) in [6, 6.07) is 0. The van der Waals surface area contributed by atoms with Crippen LogP contribution in [0.15, 0.2) is 0 Å². The number of carbonyl (C=O) groups is 1. The second-order valence-electron chi connectivity index (χ2n) is 7.32. The lowest BCUT2D eigenvalue weighted by Gasteiger charge is -2.08. The Hall–Kier alpha value is -0.690. The molecule has 0 saturated carbocycles. The molecule has 0 aliphatic heterocycles. The molecule has 0 radical (unpaired) electrons. The Kier molecular flexibility index (Phi) is 21.1. The molecule has 2 N–H and O–H groups in total. The molecule has 0 aromatic rings. The van der Waals surface area contributed by atoms with Crippen molar-refractivity contribution < 1.29 is 24.1 Å². The molecular formula is C21H43NO5. The summed E-state index contributed by atoms with van der Waals surface area (Å²) >= 11 is 0. The summed E-state index contributed by atoms with van der Waals surface area (Å²) in [5, 5.41) is 11.6. The quantitative estimate of drug-likeness (QED) is 0.295. The van der Waals surface area contributed by atoms with Crippen molar-refractivity contribution in [2.45, 2.75) is 71.6 Å². The lowest BCUT2D eigenvalue weighted by Crippen LogP contribution is -2.27. The Morgan fingerprint density at radius 2 is 1.33 bits per heavy atom. The van der Waals surface area contributed by atoms with E-state index in [1.807, 2.05) is 0 Å².